The number of phenolic OH excluding ortho intramolecular Hbond substituents is 1. The first-order valence-corrected chi connectivity index (χ1v) is 11.6. The summed E-state index contributed by atoms with van der Waals surface area (Å²) in [6, 6.07) is 8.51. The molecule has 0 aromatic heterocycles. The SMILES string of the molecule is COc1ccc(/C(O)=C2\C(=O)C(=O)N(CCN3CCOCC3)C2c2ccc(OC)c(OC)c2)c(O)c1. The number of aliphatic hydroxyl groups excluding tert-OH is 1. The molecule has 0 radical (unpaired) electrons. The van der Waals surface area contributed by atoms with Crippen LogP contribution in [0.5, 0.6) is 23.0 Å². The third kappa shape index (κ3) is 4.82. The molecule has 2 heterocycles. The summed E-state index contributed by atoms with van der Waals surface area (Å²) in [5.41, 5.74) is 0.463. The second-order valence-electron chi connectivity index (χ2n) is 8.44. The van der Waals surface area contributed by atoms with Gasteiger partial charge in [-0.3, -0.25) is 14.5 Å². The highest BCUT2D eigenvalue weighted by molar-refractivity contribution is 6.46. The third-order valence-corrected chi connectivity index (χ3v) is 6.48. The first-order chi connectivity index (χ1) is 17.4. The van der Waals surface area contributed by atoms with Crippen LogP contribution in [0.4, 0.5) is 0 Å². The molecular weight excluding hydrogens is 468 g/mol. The summed E-state index contributed by atoms with van der Waals surface area (Å²) < 4.78 is 21.3. The molecule has 2 N–H and O–H groups in total. The predicted octanol–water partition coefficient (Wildman–Crippen LogP) is 2.17. The van der Waals surface area contributed by atoms with Crippen molar-refractivity contribution in [2.24, 2.45) is 0 Å². The van der Waals surface area contributed by atoms with Crippen molar-refractivity contribution in [2.75, 3.05) is 60.7 Å². The quantitative estimate of drug-likeness (QED) is 0.321. The van der Waals surface area contributed by atoms with Gasteiger partial charge in [-0.1, -0.05) is 6.07 Å². The number of hydrogen-bond acceptors (Lipinski definition) is 9. The first kappa shape index (κ1) is 25.3. The highest BCUT2D eigenvalue weighted by Gasteiger charge is 2.46. The summed E-state index contributed by atoms with van der Waals surface area (Å²) in [4.78, 5) is 30.1. The number of aliphatic hydroxyl groups is 1. The second kappa shape index (κ2) is 10.9. The Kier molecular flexibility index (Phi) is 7.66. The lowest BCUT2D eigenvalue weighted by atomic mass is 9.94. The molecule has 192 valence electrons. The van der Waals surface area contributed by atoms with Gasteiger partial charge in [0.1, 0.15) is 17.3 Å². The van der Waals surface area contributed by atoms with Crippen LogP contribution in [0.3, 0.4) is 0 Å². The maximum atomic E-state index is 13.3. The van der Waals surface area contributed by atoms with Crippen LogP contribution in [0, 0.1) is 0 Å². The number of carbonyl (C=O) groups excluding carboxylic acids is 2. The minimum atomic E-state index is -0.896. The van der Waals surface area contributed by atoms with E-state index in [1.54, 1.807) is 24.3 Å². The number of nitrogens with zero attached hydrogens (tertiary/aromatic N) is 2. The van der Waals surface area contributed by atoms with Gasteiger partial charge in [0.05, 0.1) is 51.7 Å². The average molecular weight is 499 g/mol. The van der Waals surface area contributed by atoms with E-state index < -0.39 is 23.5 Å². The molecule has 1 amide bonds. The lowest BCUT2D eigenvalue weighted by Crippen LogP contribution is -2.42. The van der Waals surface area contributed by atoms with E-state index in [4.69, 9.17) is 18.9 Å². The molecule has 2 aromatic rings. The lowest BCUT2D eigenvalue weighted by Gasteiger charge is -2.31. The van der Waals surface area contributed by atoms with E-state index in [-0.39, 0.29) is 23.4 Å². The fraction of sp³-hybridized carbons (Fsp3) is 0.385. The Morgan fingerprint density at radius 2 is 1.69 bits per heavy atom. The normalized spacial score (nSPS) is 20.0. The standard InChI is InChI=1S/C26H30N2O8/c1-33-17-5-6-18(19(29)15-17)24(30)22-23(16-4-7-20(34-2)21(14-16)35-3)28(26(32)25(22)31)9-8-27-10-12-36-13-11-27/h4-7,14-15,23,29-30H,8-13H2,1-3H3/b24-22+. The van der Waals surface area contributed by atoms with Crippen LogP contribution < -0.4 is 14.2 Å². The predicted molar refractivity (Wildman–Crippen MR) is 130 cm³/mol. The van der Waals surface area contributed by atoms with Gasteiger partial charge in [-0.05, 0) is 29.8 Å². The molecule has 2 aromatic carbocycles. The molecule has 36 heavy (non-hydrogen) atoms. The van der Waals surface area contributed by atoms with Gasteiger partial charge in [0, 0.05) is 32.2 Å². The van der Waals surface area contributed by atoms with Gasteiger partial charge in [0.2, 0.25) is 0 Å². The number of rotatable bonds is 8. The van der Waals surface area contributed by atoms with E-state index in [0.29, 0.717) is 42.6 Å². The number of morpholine rings is 1. The van der Waals surface area contributed by atoms with Crippen molar-refractivity contribution >= 4 is 17.4 Å². The topological polar surface area (TPSA) is 118 Å². The highest BCUT2D eigenvalue weighted by Crippen LogP contribution is 2.43. The molecular formula is C26H30N2O8. The molecule has 4 rings (SSSR count). The minimum absolute atomic E-state index is 0.0208. The third-order valence-electron chi connectivity index (χ3n) is 6.48. The number of Topliss-reactive ketones (excluding diaryl/α,β-unsaturated/α-hetero) is 1. The Bertz CT molecular complexity index is 1170. The number of phenols is 1. The number of carbonyl (C=O) groups is 2. The van der Waals surface area contributed by atoms with E-state index in [1.165, 1.54) is 38.4 Å². The van der Waals surface area contributed by atoms with E-state index in [0.717, 1.165) is 13.1 Å². The van der Waals surface area contributed by atoms with Gasteiger partial charge in [0.25, 0.3) is 11.7 Å². The molecule has 0 saturated carbocycles. The van der Waals surface area contributed by atoms with Crippen LogP contribution in [0.1, 0.15) is 17.2 Å². The van der Waals surface area contributed by atoms with Crippen LogP contribution in [0.25, 0.3) is 5.76 Å². The van der Waals surface area contributed by atoms with E-state index in [9.17, 15) is 19.8 Å². The summed E-state index contributed by atoms with van der Waals surface area (Å²) in [6.07, 6.45) is 0. The molecule has 0 aliphatic carbocycles. The Morgan fingerprint density at radius 3 is 2.33 bits per heavy atom. The maximum Gasteiger partial charge on any atom is 0.295 e. The van der Waals surface area contributed by atoms with Crippen molar-refractivity contribution in [2.45, 2.75) is 6.04 Å². The number of likely N-dealkylation sites (tertiary alicyclic amines) is 1. The molecule has 1 atom stereocenters. The zero-order valence-electron chi connectivity index (χ0n) is 20.5. The van der Waals surface area contributed by atoms with Crippen molar-refractivity contribution < 1.29 is 38.7 Å². The van der Waals surface area contributed by atoms with Gasteiger partial charge in [-0.15, -0.1) is 0 Å². The summed E-state index contributed by atoms with van der Waals surface area (Å²) in [6.45, 7) is 3.46. The zero-order valence-corrected chi connectivity index (χ0v) is 20.5. The van der Waals surface area contributed by atoms with Crippen molar-refractivity contribution in [1.29, 1.82) is 0 Å². The second-order valence-corrected chi connectivity index (χ2v) is 8.44. The lowest BCUT2D eigenvalue weighted by molar-refractivity contribution is -0.140. The van der Waals surface area contributed by atoms with Crippen molar-refractivity contribution in [1.82, 2.24) is 9.80 Å². The number of ketones is 1. The zero-order chi connectivity index (χ0) is 25.8. The maximum absolute atomic E-state index is 13.3. The largest absolute Gasteiger partial charge is 0.507 e. The number of benzene rings is 2. The number of ether oxygens (including phenoxy) is 4. The molecule has 1 unspecified atom stereocenters. The number of aromatic hydroxyl groups is 1. The van der Waals surface area contributed by atoms with Gasteiger partial charge < -0.3 is 34.1 Å². The Morgan fingerprint density at radius 1 is 0.972 bits per heavy atom. The molecule has 10 heteroatoms. The number of hydrogen-bond donors (Lipinski definition) is 2. The van der Waals surface area contributed by atoms with E-state index >= 15 is 0 Å². The highest BCUT2D eigenvalue weighted by atomic mass is 16.5. The van der Waals surface area contributed by atoms with Crippen molar-refractivity contribution in [3.8, 4) is 23.0 Å². The van der Waals surface area contributed by atoms with Crippen LogP contribution in [0.2, 0.25) is 0 Å². The first-order valence-electron chi connectivity index (χ1n) is 11.6. The summed E-state index contributed by atoms with van der Waals surface area (Å²) in [5.74, 6) is -1.02. The molecule has 2 saturated heterocycles. The molecule has 2 aliphatic heterocycles. The fourth-order valence-corrected chi connectivity index (χ4v) is 4.54. The van der Waals surface area contributed by atoms with Crippen molar-refractivity contribution in [3.05, 3.63) is 53.1 Å². The average Bonchev–Trinajstić information content (AvgIpc) is 3.16. The van der Waals surface area contributed by atoms with Gasteiger partial charge in [-0.25, -0.2) is 0 Å². The smallest absolute Gasteiger partial charge is 0.295 e. The molecule has 10 nitrogen and oxygen atoms in total. The minimum Gasteiger partial charge on any atom is -0.507 e. The van der Waals surface area contributed by atoms with Crippen LogP contribution in [-0.4, -0.2) is 92.4 Å². The molecule has 0 bridgehead atoms. The van der Waals surface area contributed by atoms with Gasteiger partial charge in [0.15, 0.2) is 11.5 Å². The van der Waals surface area contributed by atoms with Crippen molar-refractivity contribution in [3.63, 3.8) is 0 Å². The monoisotopic (exact) mass is 498 g/mol. The van der Waals surface area contributed by atoms with Gasteiger partial charge >= 0.3 is 0 Å². The Labute approximate surface area is 209 Å². The summed E-state index contributed by atoms with van der Waals surface area (Å²) in [5, 5.41) is 21.8. The summed E-state index contributed by atoms with van der Waals surface area (Å²) >= 11 is 0. The van der Waals surface area contributed by atoms with Crippen LogP contribution in [0.15, 0.2) is 42.0 Å². The van der Waals surface area contributed by atoms with Crippen LogP contribution >= 0.6 is 0 Å². The number of methoxy groups -OCH3 is 3. The van der Waals surface area contributed by atoms with Gasteiger partial charge in [-0.2, -0.15) is 0 Å². The Balaban J connectivity index is 1.80. The number of amides is 1. The Hall–Kier alpha value is -3.76. The fourth-order valence-electron chi connectivity index (χ4n) is 4.54. The summed E-state index contributed by atoms with van der Waals surface area (Å²) in [7, 11) is 4.45. The van der Waals surface area contributed by atoms with E-state index in [1.807, 2.05) is 0 Å². The van der Waals surface area contributed by atoms with E-state index in [2.05, 4.69) is 4.90 Å². The molecule has 0 spiro atoms. The van der Waals surface area contributed by atoms with Crippen LogP contribution in [-0.2, 0) is 14.3 Å². The molecule has 2 aliphatic rings. The molecule has 2 fully saturated rings.